The molecule has 5 heteroatoms. The zero-order chi connectivity index (χ0) is 13.1. The second kappa shape index (κ2) is 5.57. The van der Waals surface area contributed by atoms with Crippen molar-refractivity contribution in [1.29, 1.82) is 0 Å². The van der Waals surface area contributed by atoms with Gasteiger partial charge in [0, 0.05) is 37.6 Å². The number of nitrogens with one attached hydrogen (secondary N) is 1. The fraction of sp³-hybridized carbons (Fsp3) is 0.571. The van der Waals surface area contributed by atoms with Crippen LogP contribution in [0.3, 0.4) is 0 Å². The fourth-order valence-electron chi connectivity index (χ4n) is 2.83. The van der Waals surface area contributed by atoms with Crippen LogP contribution in [0.15, 0.2) is 24.9 Å². The van der Waals surface area contributed by atoms with Gasteiger partial charge >= 0.3 is 0 Å². The molecule has 1 fully saturated rings. The number of aryl methyl sites for hydroxylation is 3. The van der Waals surface area contributed by atoms with Crippen molar-refractivity contribution < 1.29 is 0 Å². The van der Waals surface area contributed by atoms with E-state index in [4.69, 9.17) is 0 Å². The topological polar surface area (TPSA) is 47.7 Å². The monoisotopic (exact) mass is 259 g/mol. The van der Waals surface area contributed by atoms with Gasteiger partial charge < -0.3 is 9.88 Å². The highest BCUT2D eigenvalue weighted by Gasteiger charge is 2.18. The third-order valence-electron chi connectivity index (χ3n) is 3.90. The molecule has 0 amide bonds. The molecular weight excluding hydrogens is 238 g/mol. The van der Waals surface area contributed by atoms with Gasteiger partial charge in [0.1, 0.15) is 0 Å². The van der Waals surface area contributed by atoms with Gasteiger partial charge in [0.2, 0.25) is 0 Å². The van der Waals surface area contributed by atoms with E-state index in [1.54, 1.807) is 0 Å². The van der Waals surface area contributed by atoms with E-state index in [1.165, 1.54) is 24.1 Å². The normalized spacial score (nSPS) is 16.9. The zero-order valence-electron chi connectivity index (χ0n) is 11.4. The maximum absolute atomic E-state index is 4.34. The van der Waals surface area contributed by atoms with E-state index in [0.29, 0.717) is 5.92 Å². The summed E-state index contributed by atoms with van der Waals surface area (Å²) in [6.07, 6.45) is 11.5. The van der Waals surface area contributed by atoms with Crippen LogP contribution in [0.2, 0.25) is 0 Å². The Morgan fingerprint density at radius 3 is 2.89 bits per heavy atom. The lowest BCUT2D eigenvalue weighted by atomic mass is 9.95. The van der Waals surface area contributed by atoms with Gasteiger partial charge in [-0.15, -0.1) is 0 Å². The number of nitrogens with zero attached hydrogens (tertiary/aromatic N) is 4. The van der Waals surface area contributed by atoms with Crippen molar-refractivity contribution in [3.63, 3.8) is 0 Å². The summed E-state index contributed by atoms with van der Waals surface area (Å²) in [4.78, 5) is 4.34. The molecule has 0 radical (unpaired) electrons. The lowest BCUT2D eigenvalue weighted by Gasteiger charge is -2.23. The summed E-state index contributed by atoms with van der Waals surface area (Å²) in [7, 11) is 1.96. The third-order valence-corrected chi connectivity index (χ3v) is 3.90. The van der Waals surface area contributed by atoms with Crippen molar-refractivity contribution in [2.75, 3.05) is 13.1 Å². The largest absolute Gasteiger partial charge is 0.334 e. The molecule has 0 aromatic carbocycles. The summed E-state index contributed by atoms with van der Waals surface area (Å²) < 4.78 is 4.17. The van der Waals surface area contributed by atoms with Crippen LogP contribution >= 0.6 is 0 Å². The number of hydrogen-bond donors (Lipinski definition) is 1. The molecular formula is C14H21N5. The molecule has 0 unspecified atom stereocenters. The fourth-order valence-corrected chi connectivity index (χ4v) is 2.83. The summed E-state index contributed by atoms with van der Waals surface area (Å²) in [6, 6.07) is 0. The quantitative estimate of drug-likeness (QED) is 0.901. The summed E-state index contributed by atoms with van der Waals surface area (Å²) >= 11 is 0. The number of rotatable bonds is 4. The molecule has 2 aromatic rings. The first-order chi connectivity index (χ1) is 9.33. The third kappa shape index (κ3) is 2.87. The number of hydrogen-bond acceptors (Lipinski definition) is 3. The van der Waals surface area contributed by atoms with E-state index >= 15 is 0 Å². The molecule has 19 heavy (non-hydrogen) atoms. The van der Waals surface area contributed by atoms with Crippen molar-refractivity contribution in [1.82, 2.24) is 24.6 Å². The van der Waals surface area contributed by atoms with Gasteiger partial charge in [0.05, 0.1) is 12.5 Å². The molecule has 3 rings (SSSR count). The van der Waals surface area contributed by atoms with E-state index < -0.39 is 0 Å². The van der Waals surface area contributed by atoms with Crippen molar-refractivity contribution >= 4 is 0 Å². The molecule has 0 spiro atoms. The van der Waals surface area contributed by atoms with E-state index in [0.717, 1.165) is 26.1 Å². The van der Waals surface area contributed by atoms with E-state index in [-0.39, 0.29) is 0 Å². The van der Waals surface area contributed by atoms with Crippen LogP contribution in [0.25, 0.3) is 0 Å². The van der Waals surface area contributed by atoms with Gasteiger partial charge in [-0.3, -0.25) is 4.68 Å². The first kappa shape index (κ1) is 12.4. The second-order valence-corrected chi connectivity index (χ2v) is 5.31. The van der Waals surface area contributed by atoms with E-state index in [2.05, 4.69) is 26.2 Å². The molecule has 0 aliphatic carbocycles. The molecule has 2 aromatic heterocycles. The van der Waals surface area contributed by atoms with Gasteiger partial charge in [-0.05, 0) is 37.9 Å². The predicted octanol–water partition coefficient (Wildman–Crippen LogP) is 1.33. The second-order valence-electron chi connectivity index (χ2n) is 5.31. The van der Waals surface area contributed by atoms with E-state index in [9.17, 15) is 0 Å². The maximum Gasteiger partial charge on any atom is 0.0948 e. The summed E-state index contributed by atoms with van der Waals surface area (Å²) in [5.74, 6) is 0.664. The lowest BCUT2D eigenvalue weighted by Crippen LogP contribution is -2.27. The van der Waals surface area contributed by atoms with E-state index in [1.807, 2.05) is 30.5 Å². The smallest absolute Gasteiger partial charge is 0.0948 e. The Kier molecular flexibility index (Phi) is 3.64. The first-order valence-electron chi connectivity index (χ1n) is 7.01. The number of piperidine rings is 1. The van der Waals surface area contributed by atoms with Gasteiger partial charge in [0.15, 0.2) is 0 Å². The average Bonchev–Trinajstić information content (AvgIpc) is 3.06. The van der Waals surface area contributed by atoms with Gasteiger partial charge in [-0.2, -0.15) is 5.10 Å². The Labute approximate surface area is 113 Å². The van der Waals surface area contributed by atoms with Crippen LogP contribution in [0.5, 0.6) is 0 Å². The summed E-state index contributed by atoms with van der Waals surface area (Å²) in [5.41, 5.74) is 2.68. The van der Waals surface area contributed by atoms with Crippen LogP contribution < -0.4 is 5.32 Å². The maximum atomic E-state index is 4.34. The van der Waals surface area contributed by atoms with Gasteiger partial charge in [-0.1, -0.05) is 0 Å². The zero-order valence-corrected chi connectivity index (χ0v) is 11.4. The Hall–Kier alpha value is -1.62. The molecule has 1 aliphatic rings. The van der Waals surface area contributed by atoms with Crippen molar-refractivity contribution in [2.24, 2.45) is 7.05 Å². The minimum atomic E-state index is 0.664. The molecule has 102 valence electrons. The molecule has 5 nitrogen and oxygen atoms in total. The number of imidazole rings is 1. The highest BCUT2D eigenvalue weighted by atomic mass is 15.2. The van der Waals surface area contributed by atoms with Crippen molar-refractivity contribution in [2.45, 2.75) is 31.7 Å². The Morgan fingerprint density at radius 1 is 1.32 bits per heavy atom. The molecule has 0 bridgehead atoms. The summed E-state index contributed by atoms with van der Waals surface area (Å²) in [5, 5.41) is 7.63. The van der Waals surface area contributed by atoms with Crippen molar-refractivity contribution in [3.05, 3.63) is 36.2 Å². The molecule has 3 heterocycles. The Bertz CT molecular complexity index is 521. The SMILES string of the molecule is Cn1cc(CCn2cncc2C2CCNCC2)cn1. The van der Waals surface area contributed by atoms with Crippen molar-refractivity contribution in [3.8, 4) is 0 Å². The van der Waals surface area contributed by atoms with Crippen LogP contribution in [-0.4, -0.2) is 32.4 Å². The Morgan fingerprint density at radius 2 is 2.16 bits per heavy atom. The first-order valence-corrected chi connectivity index (χ1v) is 7.01. The summed E-state index contributed by atoms with van der Waals surface area (Å²) in [6.45, 7) is 3.24. The molecule has 1 aliphatic heterocycles. The van der Waals surface area contributed by atoms with Crippen LogP contribution in [0.1, 0.15) is 30.0 Å². The standard InChI is InChI=1S/C14H21N5/c1-18-10-12(8-17-18)4-7-19-11-16-9-14(19)13-2-5-15-6-3-13/h8-11,13,15H,2-7H2,1H3. The van der Waals surface area contributed by atoms with Crippen LogP contribution in [0, 0.1) is 0 Å². The lowest BCUT2D eigenvalue weighted by molar-refractivity contribution is 0.438. The average molecular weight is 259 g/mol. The molecule has 0 atom stereocenters. The van der Waals surface area contributed by atoms with Crippen LogP contribution in [0.4, 0.5) is 0 Å². The van der Waals surface area contributed by atoms with Gasteiger partial charge in [-0.25, -0.2) is 4.98 Å². The Balaban J connectivity index is 1.66. The number of aromatic nitrogens is 4. The molecule has 1 N–H and O–H groups in total. The van der Waals surface area contributed by atoms with Gasteiger partial charge in [0.25, 0.3) is 0 Å². The minimum absolute atomic E-state index is 0.664. The molecule has 1 saturated heterocycles. The minimum Gasteiger partial charge on any atom is -0.334 e. The van der Waals surface area contributed by atoms with Crippen LogP contribution in [-0.2, 0) is 20.0 Å². The highest BCUT2D eigenvalue weighted by molar-refractivity contribution is 5.09. The predicted molar refractivity (Wildman–Crippen MR) is 74.0 cm³/mol. The molecule has 0 saturated carbocycles. The highest BCUT2D eigenvalue weighted by Crippen LogP contribution is 2.24.